The van der Waals surface area contributed by atoms with Gasteiger partial charge in [-0.2, -0.15) is 0 Å². The Morgan fingerprint density at radius 2 is 2.24 bits per heavy atom. The average Bonchev–Trinajstić information content (AvgIpc) is 2.67. The van der Waals surface area contributed by atoms with Crippen LogP contribution in [0, 0.1) is 10.5 Å². The van der Waals surface area contributed by atoms with E-state index in [9.17, 15) is 4.79 Å². The lowest BCUT2D eigenvalue weighted by Crippen LogP contribution is -2.13. The SMILES string of the molecule is Cc1nnc(NC(=O)c2cc(I)ccc2Br)o1. The third kappa shape index (κ3) is 3.03. The largest absolute Gasteiger partial charge is 0.408 e. The molecule has 0 aliphatic rings. The number of carbonyl (C=O) groups excluding carboxylic acids is 1. The van der Waals surface area contributed by atoms with E-state index in [-0.39, 0.29) is 11.9 Å². The van der Waals surface area contributed by atoms with E-state index in [4.69, 9.17) is 4.42 Å². The van der Waals surface area contributed by atoms with Crippen LogP contribution in [-0.2, 0) is 0 Å². The molecule has 0 aliphatic carbocycles. The number of carbonyl (C=O) groups is 1. The minimum Gasteiger partial charge on any atom is -0.408 e. The number of hydrogen-bond donors (Lipinski definition) is 1. The molecule has 1 aromatic heterocycles. The zero-order valence-electron chi connectivity index (χ0n) is 8.70. The van der Waals surface area contributed by atoms with E-state index < -0.39 is 0 Å². The van der Waals surface area contributed by atoms with Crippen LogP contribution in [0.2, 0.25) is 0 Å². The number of benzene rings is 1. The van der Waals surface area contributed by atoms with Crippen LogP contribution in [0.15, 0.2) is 27.1 Å². The summed E-state index contributed by atoms with van der Waals surface area (Å²) in [4.78, 5) is 11.9. The van der Waals surface area contributed by atoms with Gasteiger partial charge >= 0.3 is 6.01 Å². The first kappa shape index (κ1) is 12.5. The van der Waals surface area contributed by atoms with Crippen molar-refractivity contribution in [2.24, 2.45) is 0 Å². The van der Waals surface area contributed by atoms with Gasteiger partial charge in [0.2, 0.25) is 5.89 Å². The van der Waals surface area contributed by atoms with Gasteiger partial charge < -0.3 is 4.42 Å². The maximum absolute atomic E-state index is 11.9. The average molecular weight is 408 g/mol. The van der Waals surface area contributed by atoms with Gasteiger partial charge in [-0.15, -0.1) is 5.10 Å². The molecular weight excluding hydrogens is 401 g/mol. The van der Waals surface area contributed by atoms with Crippen molar-refractivity contribution >= 4 is 50.4 Å². The number of aryl methyl sites for hydroxylation is 1. The molecule has 1 aromatic carbocycles. The molecular formula is C10H7BrIN3O2. The first-order valence-electron chi connectivity index (χ1n) is 4.63. The zero-order valence-corrected chi connectivity index (χ0v) is 12.4. The molecule has 0 fully saturated rings. The van der Waals surface area contributed by atoms with Gasteiger partial charge in [-0.25, -0.2) is 0 Å². The standard InChI is InChI=1S/C10H7BrIN3O2/c1-5-14-15-10(17-5)13-9(16)7-4-6(12)2-3-8(7)11/h2-4H,1H3,(H,13,15,16). The van der Waals surface area contributed by atoms with Crippen LogP contribution >= 0.6 is 38.5 Å². The van der Waals surface area contributed by atoms with Crippen molar-refractivity contribution in [1.82, 2.24) is 10.2 Å². The van der Waals surface area contributed by atoms with Crippen molar-refractivity contribution in [2.45, 2.75) is 6.92 Å². The second kappa shape index (κ2) is 5.13. The topological polar surface area (TPSA) is 68.0 Å². The molecule has 7 heteroatoms. The van der Waals surface area contributed by atoms with Gasteiger partial charge in [0, 0.05) is 15.0 Å². The van der Waals surface area contributed by atoms with Gasteiger partial charge in [0.25, 0.3) is 5.91 Å². The smallest absolute Gasteiger partial charge is 0.322 e. The number of amides is 1. The molecule has 88 valence electrons. The summed E-state index contributed by atoms with van der Waals surface area (Å²) in [6, 6.07) is 5.58. The molecule has 0 aliphatic heterocycles. The number of halogens is 2. The molecule has 17 heavy (non-hydrogen) atoms. The van der Waals surface area contributed by atoms with Crippen LogP contribution in [0.25, 0.3) is 0 Å². The maximum atomic E-state index is 11.9. The highest BCUT2D eigenvalue weighted by Gasteiger charge is 2.13. The number of aromatic nitrogens is 2. The first-order chi connectivity index (χ1) is 8.06. The minimum absolute atomic E-state index is 0.0956. The molecule has 5 nitrogen and oxygen atoms in total. The fraction of sp³-hybridized carbons (Fsp3) is 0.100. The summed E-state index contributed by atoms with van der Waals surface area (Å²) in [6.07, 6.45) is 0. The molecule has 1 heterocycles. The molecule has 0 radical (unpaired) electrons. The van der Waals surface area contributed by atoms with Crippen molar-refractivity contribution < 1.29 is 9.21 Å². The van der Waals surface area contributed by atoms with Crippen molar-refractivity contribution in [3.63, 3.8) is 0 Å². The van der Waals surface area contributed by atoms with Gasteiger partial charge in [-0.3, -0.25) is 10.1 Å². The first-order valence-corrected chi connectivity index (χ1v) is 6.50. The van der Waals surface area contributed by atoms with Gasteiger partial charge in [0.05, 0.1) is 5.56 Å². The monoisotopic (exact) mass is 407 g/mol. The van der Waals surface area contributed by atoms with Crippen molar-refractivity contribution in [2.75, 3.05) is 5.32 Å². The fourth-order valence-electron chi connectivity index (χ4n) is 1.18. The highest BCUT2D eigenvalue weighted by molar-refractivity contribution is 14.1. The van der Waals surface area contributed by atoms with E-state index >= 15 is 0 Å². The quantitative estimate of drug-likeness (QED) is 0.777. The Kier molecular flexibility index (Phi) is 3.77. The van der Waals surface area contributed by atoms with E-state index in [2.05, 4.69) is 54.0 Å². The molecule has 0 bridgehead atoms. The molecule has 0 unspecified atom stereocenters. The van der Waals surface area contributed by atoms with Crippen LogP contribution in [0.1, 0.15) is 16.2 Å². The Morgan fingerprint density at radius 3 is 2.88 bits per heavy atom. The Labute approximate surface area is 119 Å². The Balaban J connectivity index is 2.22. The van der Waals surface area contributed by atoms with Crippen LogP contribution in [0.5, 0.6) is 0 Å². The summed E-state index contributed by atoms with van der Waals surface area (Å²) >= 11 is 5.46. The summed E-state index contributed by atoms with van der Waals surface area (Å²) in [6.45, 7) is 1.66. The van der Waals surface area contributed by atoms with Crippen LogP contribution in [0.3, 0.4) is 0 Å². The van der Waals surface area contributed by atoms with E-state index in [1.54, 1.807) is 13.0 Å². The second-order valence-corrected chi connectivity index (χ2v) is 5.30. The van der Waals surface area contributed by atoms with Crippen molar-refractivity contribution in [3.8, 4) is 0 Å². The minimum atomic E-state index is -0.293. The highest BCUT2D eigenvalue weighted by Crippen LogP contribution is 2.20. The van der Waals surface area contributed by atoms with Crippen LogP contribution < -0.4 is 5.32 Å². The van der Waals surface area contributed by atoms with Gasteiger partial charge in [0.1, 0.15) is 0 Å². The molecule has 2 rings (SSSR count). The highest BCUT2D eigenvalue weighted by atomic mass is 127. The number of nitrogens with one attached hydrogen (secondary N) is 1. The molecule has 1 amide bonds. The van der Waals surface area contributed by atoms with E-state index in [0.29, 0.717) is 15.9 Å². The summed E-state index contributed by atoms with van der Waals surface area (Å²) in [7, 11) is 0. The summed E-state index contributed by atoms with van der Waals surface area (Å²) in [5, 5.41) is 9.86. The number of nitrogens with zero attached hydrogens (tertiary/aromatic N) is 2. The van der Waals surface area contributed by atoms with Gasteiger partial charge in [0.15, 0.2) is 0 Å². The fourth-order valence-corrected chi connectivity index (χ4v) is 2.10. The Hall–Kier alpha value is -0.960. The predicted octanol–water partition coefficient (Wildman–Crippen LogP) is 3.00. The second-order valence-electron chi connectivity index (χ2n) is 3.20. The third-order valence-electron chi connectivity index (χ3n) is 1.92. The summed E-state index contributed by atoms with van der Waals surface area (Å²) < 4.78 is 6.76. The van der Waals surface area contributed by atoms with Crippen molar-refractivity contribution in [3.05, 3.63) is 37.7 Å². The maximum Gasteiger partial charge on any atom is 0.322 e. The Morgan fingerprint density at radius 1 is 1.47 bits per heavy atom. The molecule has 0 spiro atoms. The van der Waals surface area contributed by atoms with E-state index in [0.717, 1.165) is 3.57 Å². The summed E-state index contributed by atoms with van der Waals surface area (Å²) in [5.41, 5.74) is 0.521. The zero-order chi connectivity index (χ0) is 12.4. The third-order valence-corrected chi connectivity index (χ3v) is 3.28. The number of anilines is 1. The number of hydrogen-bond acceptors (Lipinski definition) is 4. The normalized spacial score (nSPS) is 10.3. The molecule has 0 atom stereocenters. The van der Waals surface area contributed by atoms with Gasteiger partial charge in [-0.05, 0) is 56.7 Å². The Bertz CT molecular complexity index is 570. The lowest BCUT2D eigenvalue weighted by Gasteiger charge is -2.03. The van der Waals surface area contributed by atoms with Crippen LogP contribution in [-0.4, -0.2) is 16.1 Å². The molecule has 2 aromatic rings. The molecule has 0 saturated heterocycles. The van der Waals surface area contributed by atoms with Gasteiger partial charge in [-0.1, -0.05) is 5.10 Å². The molecule has 1 N–H and O–H groups in total. The molecule has 0 saturated carbocycles. The predicted molar refractivity (Wildman–Crippen MR) is 73.8 cm³/mol. The summed E-state index contributed by atoms with van der Waals surface area (Å²) in [5.74, 6) is 0.112. The lowest BCUT2D eigenvalue weighted by molar-refractivity contribution is 0.102. The van der Waals surface area contributed by atoms with E-state index in [1.165, 1.54) is 0 Å². The number of rotatable bonds is 2. The van der Waals surface area contributed by atoms with E-state index in [1.807, 2.05) is 12.1 Å². The lowest BCUT2D eigenvalue weighted by atomic mass is 10.2. The van der Waals surface area contributed by atoms with Crippen molar-refractivity contribution in [1.29, 1.82) is 0 Å². The van der Waals surface area contributed by atoms with Crippen LogP contribution in [0.4, 0.5) is 6.01 Å².